The van der Waals surface area contributed by atoms with Crippen LogP contribution in [0.5, 0.6) is 0 Å². The first-order valence-electron chi connectivity index (χ1n) is 5.58. The molecule has 1 heterocycles. The average Bonchev–Trinajstić information content (AvgIpc) is 2.35. The monoisotopic (exact) mass is 254 g/mol. The second-order valence-electron chi connectivity index (χ2n) is 3.78. The molecular weight excluding hydrogens is 236 g/mol. The van der Waals surface area contributed by atoms with Crippen LogP contribution in [0.25, 0.3) is 0 Å². The topological polar surface area (TPSA) is 62.2 Å². The van der Waals surface area contributed by atoms with Gasteiger partial charge in [0, 0.05) is 24.5 Å². The Kier molecular flexibility index (Phi) is 6.00. The summed E-state index contributed by atoms with van der Waals surface area (Å²) < 4.78 is 0. The zero-order chi connectivity index (χ0) is 12.7. The zero-order valence-electron chi connectivity index (χ0n) is 10.1. The second kappa shape index (κ2) is 7.29. The molecule has 0 aromatic carbocycles. The summed E-state index contributed by atoms with van der Waals surface area (Å²) in [5.41, 5.74) is 1.10. The number of rotatable bonds is 7. The van der Waals surface area contributed by atoms with Crippen LogP contribution < -0.4 is 5.32 Å². The first kappa shape index (κ1) is 14.0. The summed E-state index contributed by atoms with van der Waals surface area (Å²) in [6.07, 6.45) is 4.56. The number of nitrogens with zero attached hydrogens (tertiary/aromatic N) is 1. The number of hydrogen-bond donors (Lipinski definition) is 2. The van der Waals surface area contributed by atoms with Gasteiger partial charge in [-0.3, -0.25) is 4.98 Å². The largest absolute Gasteiger partial charge is 0.478 e. The van der Waals surface area contributed by atoms with Crippen LogP contribution in [-0.2, 0) is 6.54 Å². The molecule has 1 atom stereocenters. The molecule has 94 valence electrons. The van der Waals surface area contributed by atoms with Crippen LogP contribution in [0, 0.1) is 0 Å². The van der Waals surface area contributed by atoms with E-state index in [4.69, 9.17) is 5.11 Å². The number of aromatic carboxylic acids is 1. The highest BCUT2D eigenvalue weighted by Gasteiger charge is 2.06. The number of nitrogens with one attached hydrogen (secondary N) is 1. The van der Waals surface area contributed by atoms with Crippen molar-refractivity contribution >= 4 is 17.7 Å². The van der Waals surface area contributed by atoms with Gasteiger partial charge in [-0.1, -0.05) is 6.92 Å². The van der Waals surface area contributed by atoms with Gasteiger partial charge in [0.15, 0.2) is 0 Å². The number of carboxylic acid groups (broad SMARTS) is 1. The van der Waals surface area contributed by atoms with Crippen LogP contribution in [0.1, 0.15) is 29.4 Å². The lowest BCUT2D eigenvalue weighted by atomic mass is 10.2. The number of aromatic nitrogens is 1. The molecular formula is C12H18N2O2S. The molecule has 1 aromatic heterocycles. The maximum atomic E-state index is 10.7. The fourth-order valence-electron chi connectivity index (χ4n) is 1.43. The summed E-state index contributed by atoms with van der Waals surface area (Å²) in [5.74, 6) is 0.134. The Balaban J connectivity index is 2.48. The molecule has 2 N–H and O–H groups in total. The minimum atomic E-state index is -0.939. The normalized spacial score (nSPS) is 12.4. The predicted molar refractivity (Wildman–Crippen MR) is 70.5 cm³/mol. The van der Waals surface area contributed by atoms with Crippen molar-refractivity contribution in [3.8, 4) is 0 Å². The predicted octanol–water partition coefficient (Wildman–Crippen LogP) is 2.01. The molecule has 0 aliphatic carbocycles. The van der Waals surface area contributed by atoms with Crippen molar-refractivity contribution in [3.63, 3.8) is 0 Å². The molecule has 0 aliphatic rings. The molecule has 0 saturated carbocycles. The SMILES string of the molecule is CCC(CSC)NCc1ccc(C(=O)O)cn1. The van der Waals surface area contributed by atoms with Gasteiger partial charge < -0.3 is 10.4 Å². The Morgan fingerprint density at radius 2 is 2.35 bits per heavy atom. The van der Waals surface area contributed by atoms with E-state index in [-0.39, 0.29) is 5.56 Å². The molecule has 0 saturated heterocycles. The van der Waals surface area contributed by atoms with Gasteiger partial charge >= 0.3 is 5.97 Å². The fourth-order valence-corrected chi connectivity index (χ4v) is 2.18. The molecule has 0 amide bonds. The first-order valence-corrected chi connectivity index (χ1v) is 6.97. The van der Waals surface area contributed by atoms with Crippen molar-refractivity contribution < 1.29 is 9.90 Å². The van der Waals surface area contributed by atoms with E-state index in [0.717, 1.165) is 17.9 Å². The molecule has 17 heavy (non-hydrogen) atoms. The Labute approximate surface area is 106 Å². The number of hydrogen-bond acceptors (Lipinski definition) is 4. The molecule has 1 rings (SSSR count). The van der Waals surface area contributed by atoms with Gasteiger partial charge in [-0.25, -0.2) is 4.79 Å². The Morgan fingerprint density at radius 1 is 1.59 bits per heavy atom. The molecule has 0 radical (unpaired) electrons. The van der Waals surface area contributed by atoms with Crippen LogP contribution in [-0.4, -0.2) is 34.1 Å². The van der Waals surface area contributed by atoms with Crippen molar-refractivity contribution in [2.75, 3.05) is 12.0 Å². The molecule has 0 aliphatic heterocycles. The van der Waals surface area contributed by atoms with E-state index in [0.29, 0.717) is 12.6 Å². The molecule has 0 fully saturated rings. The lowest BCUT2D eigenvalue weighted by Crippen LogP contribution is -2.30. The maximum absolute atomic E-state index is 10.7. The van der Waals surface area contributed by atoms with Gasteiger partial charge in [0.25, 0.3) is 0 Å². The number of carboxylic acids is 1. The summed E-state index contributed by atoms with van der Waals surface area (Å²) >= 11 is 1.82. The lowest BCUT2D eigenvalue weighted by Gasteiger charge is -2.15. The minimum Gasteiger partial charge on any atom is -0.478 e. The molecule has 4 nitrogen and oxygen atoms in total. The van der Waals surface area contributed by atoms with E-state index in [1.54, 1.807) is 12.1 Å². The van der Waals surface area contributed by atoms with E-state index >= 15 is 0 Å². The van der Waals surface area contributed by atoms with Gasteiger partial charge in [-0.15, -0.1) is 0 Å². The van der Waals surface area contributed by atoms with Crippen LogP contribution in [0.3, 0.4) is 0 Å². The van der Waals surface area contributed by atoms with Crippen molar-refractivity contribution in [3.05, 3.63) is 29.6 Å². The second-order valence-corrected chi connectivity index (χ2v) is 4.70. The van der Waals surface area contributed by atoms with Gasteiger partial charge in [-0.05, 0) is 24.8 Å². The number of carbonyl (C=O) groups is 1. The highest BCUT2D eigenvalue weighted by Crippen LogP contribution is 2.04. The van der Waals surface area contributed by atoms with Gasteiger partial charge in [0.2, 0.25) is 0 Å². The third-order valence-electron chi connectivity index (χ3n) is 2.50. The molecule has 1 aromatic rings. The Hall–Kier alpha value is -1.07. The van der Waals surface area contributed by atoms with Crippen molar-refractivity contribution in [1.29, 1.82) is 0 Å². The Morgan fingerprint density at radius 3 is 2.82 bits per heavy atom. The van der Waals surface area contributed by atoms with E-state index in [1.807, 2.05) is 11.8 Å². The van der Waals surface area contributed by atoms with Crippen molar-refractivity contribution in [2.45, 2.75) is 25.9 Å². The summed E-state index contributed by atoms with van der Waals surface area (Å²) in [6, 6.07) is 3.82. The fraction of sp³-hybridized carbons (Fsp3) is 0.500. The van der Waals surface area contributed by atoms with Crippen molar-refractivity contribution in [1.82, 2.24) is 10.3 Å². The standard InChI is InChI=1S/C12H18N2O2S/c1-3-10(8-17-2)14-7-11-5-4-9(6-13-11)12(15)16/h4-6,10,14H,3,7-8H2,1-2H3,(H,15,16). The summed E-state index contributed by atoms with van der Waals surface area (Å²) in [5, 5.41) is 12.1. The summed E-state index contributed by atoms with van der Waals surface area (Å²) in [4.78, 5) is 14.8. The molecule has 0 bridgehead atoms. The maximum Gasteiger partial charge on any atom is 0.337 e. The van der Waals surface area contributed by atoms with Gasteiger partial charge in [-0.2, -0.15) is 11.8 Å². The van der Waals surface area contributed by atoms with Crippen LogP contribution in [0.15, 0.2) is 18.3 Å². The van der Waals surface area contributed by atoms with E-state index < -0.39 is 5.97 Å². The quantitative estimate of drug-likeness (QED) is 0.779. The van der Waals surface area contributed by atoms with Crippen LogP contribution in [0.2, 0.25) is 0 Å². The smallest absolute Gasteiger partial charge is 0.337 e. The van der Waals surface area contributed by atoms with Gasteiger partial charge in [0.1, 0.15) is 0 Å². The lowest BCUT2D eigenvalue weighted by molar-refractivity contribution is 0.0696. The highest BCUT2D eigenvalue weighted by atomic mass is 32.2. The zero-order valence-corrected chi connectivity index (χ0v) is 11.0. The highest BCUT2D eigenvalue weighted by molar-refractivity contribution is 7.98. The summed E-state index contributed by atoms with van der Waals surface area (Å²) in [6.45, 7) is 2.83. The van der Waals surface area contributed by atoms with Crippen LogP contribution >= 0.6 is 11.8 Å². The van der Waals surface area contributed by atoms with E-state index in [1.165, 1.54) is 6.20 Å². The molecule has 0 spiro atoms. The van der Waals surface area contributed by atoms with Crippen LogP contribution in [0.4, 0.5) is 0 Å². The summed E-state index contributed by atoms with van der Waals surface area (Å²) in [7, 11) is 0. The number of pyridine rings is 1. The third-order valence-corrected chi connectivity index (χ3v) is 3.24. The van der Waals surface area contributed by atoms with Crippen molar-refractivity contribution in [2.24, 2.45) is 0 Å². The third kappa shape index (κ3) is 4.75. The van der Waals surface area contributed by atoms with Gasteiger partial charge in [0.05, 0.1) is 11.3 Å². The van der Waals surface area contributed by atoms with E-state index in [2.05, 4.69) is 23.5 Å². The minimum absolute atomic E-state index is 0.227. The number of thioether (sulfide) groups is 1. The Bertz CT molecular complexity index is 354. The van der Waals surface area contributed by atoms with E-state index in [9.17, 15) is 4.79 Å². The molecule has 5 heteroatoms. The average molecular weight is 254 g/mol. The first-order chi connectivity index (χ1) is 8.17. The molecule has 1 unspecified atom stereocenters.